The van der Waals surface area contributed by atoms with E-state index in [0.717, 1.165) is 32.7 Å². The van der Waals surface area contributed by atoms with Gasteiger partial charge in [0.05, 0.1) is 19.3 Å². The topological polar surface area (TPSA) is 18.5 Å². The highest BCUT2D eigenvalue weighted by atomic mass is 16.5. The summed E-state index contributed by atoms with van der Waals surface area (Å²) in [6, 6.07) is 0. The van der Waals surface area contributed by atoms with Crippen molar-refractivity contribution in [3.63, 3.8) is 0 Å². The maximum Gasteiger partial charge on any atom is 0.0704 e. The average Bonchev–Trinajstić information content (AvgIpc) is 2.37. The van der Waals surface area contributed by atoms with Crippen molar-refractivity contribution in [2.45, 2.75) is 58.0 Å². The lowest BCUT2D eigenvalue weighted by Crippen LogP contribution is -2.16. The molecule has 0 spiro atoms. The quantitative estimate of drug-likeness (QED) is 0.537. The molecule has 1 rings (SSSR count). The Hall–Kier alpha value is -0.600. The van der Waals surface area contributed by atoms with Gasteiger partial charge in [0.2, 0.25) is 0 Å². The first kappa shape index (κ1) is 15.5. The molecule has 18 heavy (non-hydrogen) atoms. The molecule has 0 saturated carbocycles. The molecule has 0 aromatic carbocycles. The van der Waals surface area contributed by atoms with Crippen LogP contribution in [0.4, 0.5) is 0 Å². The summed E-state index contributed by atoms with van der Waals surface area (Å²) in [5.74, 6) is 0. The summed E-state index contributed by atoms with van der Waals surface area (Å²) in [5, 5.41) is 0. The molecule has 1 aliphatic carbocycles. The van der Waals surface area contributed by atoms with Crippen LogP contribution in [0.3, 0.4) is 0 Å². The van der Waals surface area contributed by atoms with Gasteiger partial charge in [-0.15, -0.1) is 0 Å². The minimum Gasteiger partial charge on any atom is -0.379 e. The zero-order chi connectivity index (χ0) is 12.9. The number of allylic oxidation sites excluding steroid dienone is 4. The molecule has 0 aromatic rings. The zero-order valence-electron chi connectivity index (χ0n) is 11.8. The fourth-order valence-electron chi connectivity index (χ4n) is 2.14. The monoisotopic (exact) mass is 252 g/mol. The van der Waals surface area contributed by atoms with Gasteiger partial charge in [0.1, 0.15) is 0 Å². The lowest BCUT2D eigenvalue weighted by molar-refractivity contribution is 0.000159. The molecule has 0 fully saturated rings. The molecule has 0 bridgehead atoms. The summed E-state index contributed by atoms with van der Waals surface area (Å²) in [6.07, 6.45) is 17.9. The summed E-state index contributed by atoms with van der Waals surface area (Å²) in [4.78, 5) is 0. The van der Waals surface area contributed by atoms with Gasteiger partial charge < -0.3 is 9.47 Å². The van der Waals surface area contributed by atoms with Crippen molar-refractivity contribution in [2.24, 2.45) is 0 Å². The number of rotatable bonds is 5. The first-order chi connectivity index (χ1) is 8.93. The molecule has 0 amide bonds. The van der Waals surface area contributed by atoms with E-state index >= 15 is 0 Å². The highest BCUT2D eigenvalue weighted by Crippen LogP contribution is 2.13. The smallest absolute Gasteiger partial charge is 0.0704 e. The van der Waals surface area contributed by atoms with Crippen molar-refractivity contribution in [3.8, 4) is 0 Å². The Morgan fingerprint density at radius 1 is 0.889 bits per heavy atom. The van der Waals surface area contributed by atoms with Crippen molar-refractivity contribution < 1.29 is 9.47 Å². The van der Waals surface area contributed by atoms with Crippen LogP contribution >= 0.6 is 0 Å². The Labute approximate surface area is 112 Å². The van der Waals surface area contributed by atoms with Crippen LogP contribution in [0.15, 0.2) is 24.3 Å². The standard InChI is InChI=1S/C16H28O2/c1-2-17-14-15-18-16-12-10-8-6-4-3-5-7-9-11-13-16/h4,6-7,9,16H,2-3,5,8,10-15H2,1H3/b6-4-,9-7-. The summed E-state index contributed by atoms with van der Waals surface area (Å²) < 4.78 is 11.2. The predicted octanol–water partition coefficient (Wildman–Crippen LogP) is 4.26. The van der Waals surface area contributed by atoms with E-state index in [0.29, 0.717) is 6.10 Å². The first-order valence-electron chi connectivity index (χ1n) is 7.42. The van der Waals surface area contributed by atoms with Crippen molar-refractivity contribution >= 4 is 0 Å². The van der Waals surface area contributed by atoms with Crippen LogP contribution in [0.25, 0.3) is 0 Å². The van der Waals surface area contributed by atoms with Crippen molar-refractivity contribution in [1.82, 2.24) is 0 Å². The van der Waals surface area contributed by atoms with Gasteiger partial charge >= 0.3 is 0 Å². The van der Waals surface area contributed by atoms with E-state index in [9.17, 15) is 0 Å². The Balaban J connectivity index is 2.24. The first-order valence-corrected chi connectivity index (χ1v) is 7.42. The Morgan fingerprint density at radius 3 is 2.39 bits per heavy atom. The number of hydrogen-bond acceptors (Lipinski definition) is 2. The van der Waals surface area contributed by atoms with Crippen LogP contribution in [-0.4, -0.2) is 25.9 Å². The molecule has 2 nitrogen and oxygen atoms in total. The maximum absolute atomic E-state index is 5.91. The van der Waals surface area contributed by atoms with E-state index in [1.165, 1.54) is 32.1 Å². The van der Waals surface area contributed by atoms with Gasteiger partial charge in [0.25, 0.3) is 0 Å². The van der Waals surface area contributed by atoms with Crippen LogP contribution in [0, 0.1) is 0 Å². The Morgan fingerprint density at radius 2 is 1.61 bits per heavy atom. The Bertz CT molecular complexity index is 233. The zero-order valence-corrected chi connectivity index (χ0v) is 11.8. The van der Waals surface area contributed by atoms with Crippen LogP contribution < -0.4 is 0 Å². The molecule has 104 valence electrons. The third kappa shape index (κ3) is 8.48. The molecule has 1 atom stereocenters. The Kier molecular flexibility index (Phi) is 9.87. The van der Waals surface area contributed by atoms with Crippen molar-refractivity contribution in [1.29, 1.82) is 0 Å². The normalized spacial score (nSPS) is 25.9. The van der Waals surface area contributed by atoms with Gasteiger partial charge in [-0.3, -0.25) is 0 Å². The van der Waals surface area contributed by atoms with Crippen molar-refractivity contribution in [3.05, 3.63) is 24.3 Å². The molecule has 2 heteroatoms. The molecular weight excluding hydrogens is 224 g/mol. The van der Waals surface area contributed by atoms with E-state index in [-0.39, 0.29) is 0 Å². The molecule has 0 aliphatic heterocycles. The van der Waals surface area contributed by atoms with Crippen LogP contribution in [0.2, 0.25) is 0 Å². The number of ether oxygens (including phenoxy) is 2. The molecule has 1 aliphatic rings. The maximum atomic E-state index is 5.91. The minimum atomic E-state index is 0.405. The van der Waals surface area contributed by atoms with Crippen LogP contribution in [-0.2, 0) is 9.47 Å². The average molecular weight is 252 g/mol. The highest BCUT2D eigenvalue weighted by Gasteiger charge is 2.07. The van der Waals surface area contributed by atoms with Gasteiger partial charge in [0.15, 0.2) is 0 Å². The predicted molar refractivity (Wildman–Crippen MR) is 76.8 cm³/mol. The van der Waals surface area contributed by atoms with E-state index in [4.69, 9.17) is 9.47 Å². The fraction of sp³-hybridized carbons (Fsp3) is 0.750. The van der Waals surface area contributed by atoms with E-state index < -0.39 is 0 Å². The number of hydrogen-bond donors (Lipinski definition) is 0. The summed E-state index contributed by atoms with van der Waals surface area (Å²) >= 11 is 0. The van der Waals surface area contributed by atoms with E-state index in [1.54, 1.807) is 0 Å². The second-order valence-electron chi connectivity index (χ2n) is 4.72. The summed E-state index contributed by atoms with van der Waals surface area (Å²) in [5.41, 5.74) is 0. The molecular formula is C16H28O2. The van der Waals surface area contributed by atoms with E-state index in [1.807, 2.05) is 6.92 Å². The summed E-state index contributed by atoms with van der Waals surface area (Å²) in [6.45, 7) is 4.26. The lowest BCUT2D eigenvalue weighted by atomic mass is 10.1. The van der Waals surface area contributed by atoms with Crippen LogP contribution in [0.1, 0.15) is 51.9 Å². The van der Waals surface area contributed by atoms with Gasteiger partial charge in [-0.05, 0) is 51.9 Å². The van der Waals surface area contributed by atoms with Gasteiger partial charge in [-0.25, -0.2) is 0 Å². The van der Waals surface area contributed by atoms with Gasteiger partial charge in [0, 0.05) is 6.61 Å². The molecule has 0 aromatic heterocycles. The third-order valence-electron chi connectivity index (χ3n) is 3.17. The fourth-order valence-corrected chi connectivity index (χ4v) is 2.14. The molecule has 0 N–H and O–H groups in total. The molecule has 0 heterocycles. The van der Waals surface area contributed by atoms with Crippen LogP contribution in [0.5, 0.6) is 0 Å². The second-order valence-corrected chi connectivity index (χ2v) is 4.72. The molecule has 0 saturated heterocycles. The van der Waals surface area contributed by atoms with E-state index in [2.05, 4.69) is 24.3 Å². The lowest BCUT2D eigenvalue weighted by Gasteiger charge is -2.17. The minimum absolute atomic E-state index is 0.405. The second kappa shape index (κ2) is 11.5. The van der Waals surface area contributed by atoms with Gasteiger partial charge in [-0.2, -0.15) is 0 Å². The summed E-state index contributed by atoms with van der Waals surface area (Å²) in [7, 11) is 0. The highest BCUT2D eigenvalue weighted by molar-refractivity contribution is 4.89. The molecule has 1 unspecified atom stereocenters. The SMILES string of the molecule is CCOCCOC1CC/C=C\CC/C=C\CCC1. The van der Waals surface area contributed by atoms with Crippen molar-refractivity contribution in [2.75, 3.05) is 19.8 Å². The van der Waals surface area contributed by atoms with Gasteiger partial charge in [-0.1, -0.05) is 24.3 Å². The largest absolute Gasteiger partial charge is 0.379 e. The third-order valence-corrected chi connectivity index (χ3v) is 3.17. The molecule has 0 radical (unpaired) electrons.